The molecule has 2 N–H and O–H groups in total. The third-order valence-corrected chi connectivity index (χ3v) is 5.32. The van der Waals surface area contributed by atoms with Crippen LogP contribution in [0.2, 0.25) is 0 Å². The molecular weight excluding hydrogens is 332 g/mol. The zero-order valence-electron chi connectivity index (χ0n) is 15.2. The molecule has 2 aromatic heterocycles. The molecule has 1 aromatic carbocycles. The Labute approximate surface area is 150 Å². The summed E-state index contributed by atoms with van der Waals surface area (Å²) in [5.41, 5.74) is 7.76. The van der Waals surface area contributed by atoms with Crippen LogP contribution in [0.4, 0.5) is 0 Å². The minimum absolute atomic E-state index is 0.313. The lowest BCUT2D eigenvalue weighted by atomic mass is 9.93. The molecule has 26 heavy (non-hydrogen) atoms. The van der Waals surface area contributed by atoms with Crippen molar-refractivity contribution < 1.29 is 9.52 Å². The summed E-state index contributed by atoms with van der Waals surface area (Å²) >= 11 is 0. The van der Waals surface area contributed by atoms with Crippen LogP contribution in [0.1, 0.15) is 51.5 Å². The number of aromatic amines is 1. The Hall–Kier alpha value is -2.83. The summed E-state index contributed by atoms with van der Waals surface area (Å²) in [5, 5.41) is 21.0. The number of benzene rings is 1. The molecule has 0 saturated heterocycles. The molecule has 136 valence electrons. The molecule has 2 heterocycles. The van der Waals surface area contributed by atoms with Crippen molar-refractivity contribution in [3.05, 3.63) is 61.7 Å². The Balaban J connectivity index is 1.69. The van der Waals surface area contributed by atoms with E-state index in [-0.39, 0.29) is 0 Å². The molecule has 0 radical (unpaired) electrons. The van der Waals surface area contributed by atoms with Crippen molar-refractivity contribution in [2.75, 3.05) is 0 Å². The second kappa shape index (κ2) is 6.16. The highest BCUT2D eigenvalue weighted by atomic mass is 16.4. The molecule has 7 heteroatoms. The Morgan fingerprint density at radius 2 is 2.04 bits per heavy atom. The minimum atomic E-state index is -0.558. The van der Waals surface area contributed by atoms with Crippen molar-refractivity contribution in [3.8, 4) is 5.75 Å². The molecule has 0 bridgehead atoms. The number of rotatable bonds is 4. The van der Waals surface area contributed by atoms with Crippen LogP contribution in [0.3, 0.4) is 0 Å². The molecule has 4 rings (SSSR count). The molecule has 1 aliphatic carbocycles. The smallest absolute Gasteiger partial charge is 0.434 e. The van der Waals surface area contributed by atoms with Crippen molar-refractivity contribution in [3.63, 3.8) is 0 Å². The van der Waals surface area contributed by atoms with E-state index < -0.39 is 5.76 Å². The molecule has 7 nitrogen and oxygen atoms in total. The standard InChI is InChI=1S/C19H22N4O3/c1-10-7-13(14-5-4-6-15(14)18(10)24)8-16-11(2)22-23(12(16)3)9-17-20-21-19(25)26-17/h7,24H,4-6,8-9H2,1-3H3,(H,21,25). The fraction of sp³-hybridized carbons (Fsp3) is 0.421. The fourth-order valence-electron chi connectivity index (χ4n) is 3.96. The highest BCUT2D eigenvalue weighted by Crippen LogP contribution is 2.36. The number of aromatic hydroxyl groups is 1. The van der Waals surface area contributed by atoms with E-state index in [4.69, 9.17) is 4.42 Å². The van der Waals surface area contributed by atoms with Crippen LogP contribution in [-0.4, -0.2) is 25.1 Å². The summed E-state index contributed by atoms with van der Waals surface area (Å²) in [4.78, 5) is 11.1. The molecule has 0 saturated carbocycles. The van der Waals surface area contributed by atoms with Crippen molar-refractivity contribution in [1.82, 2.24) is 20.0 Å². The summed E-state index contributed by atoms with van der Waals surface area (Å²) in [6, 6.07) is 2.10. The third kappa shape index (κ3) is 2.73. The minimum Gasteiger partial charge on any atom is -0.507 e. The Bertz CT molecular complexity index is 1040. The quantitative estimate of drug-likeness (QED) is 0.749. The van der Waals surface area contributed by atoms with Gasteiger partial charge in [-0.1, -0.05) is 6.07 Å². The van der Waals surface area contributed by atoms with Gasteiger partial charge in [0.05, 0.1) is 5.69 Å². The van der Waals surface area contributed by atoms with E-state index in [0.29, 0.717) is 18.2 Å². The number of hydrogen-bond donors (Lipinski definition) is 2. The van der Waals surface area contributed by atoms with E-state index in [2.05, 4.69) is 21.4 Å². The largest absolute Gasteiger partial charge is 0.507 e. The molecule has 0 atom stereocenters. The zero-order chi connectivity index (χ0) is 18.4. The lowest BCUT2D eigenvalue weighted by Crippen LogP contribution is -2.05. The predicted molar refractivity (Wildman–Crippen MR) is 95.6 cm³/mol. The lowest BCUT2D eigenvalue weighted by Gasteiger charge is -2.13. The van der Waals surface area contributed by atoms with Gasteiger partial charge >= 0.3 is 5.76 Å². The fourth-order valence-corrected chi connectivity index (χ4v) is 3.96. The van der Waals surface area contributed by atoms with E-state index in [1.54, 1.807) is 0 Å². The number of fused-ring (bicyclic) bond motifs is 1. The van der Waals surface area contributed by atoms with Crippen LogP contribution in [0, 0.1) is 20.8 Å². The molecule has 0 fully saturated rings. The number of hydrogen-bond acceptors (Lipinski definition) is 5. The molecule has 3 aromatic rings. The van der Waals surface area contributed by atoms with Gasteiger partial charge in [0.25, 0.3) is 0 Å². The normalized spacial score (nSPS) is 13.3. The molecule has 0 aliphatic heterocycles. The van der Waals surface area contributed by atoms with Gasteiger partial charge in [-0.25, -0.2) is 9.89 Å². The summed E-state index contributed by atoms with van der Waals surface area (Å²) in [5.74, 6) is 0.212. The van der Waals surface area contributed by atoms with Gasteiger partial charge in [0.15, 0.2) is 0 Å². The van der Waals surface area contributed by atoms with Crippen LogP contribution < -0.4 is 5.76 Å². The maximum absolute atomic E-state index is 11.1. The van der Waals surface area contributed by atoms with Crippen molar-refractivity contribution in [1.29, 1.82) is 0 Å². The van der Waals surface area contributed by atoms with Gasteiger partial charge in [0.2, 0.25) is 5.89 Å². The monoisotopic (exact) mass is 354 g/mol. The number of phenolic OH excluding ortho intramolecular Hbond substituents is 1. The molecule has 0 unspecified atom stereocenters. The van der Waals surface area contributed by atoms with Gasteiger partial charge in [-0.05, 0) is 62.3 Å². The molecule has 0 amide bonds. The number of aromatic nitrogens is 4. The maximum Gasteiger partial charge on any atom is 0.434 e. The predicted octanol–water partition coefficient (Wildman–Crippen LogP) is 2.32. The first kappa shape index (κ1) is 16.6. The first-order valence-electron chi connectivity index (χ1n) is 8.84. The third-order valence-electron chi connectivity index (χ3n) is 5.32. The first-order valence-corrected chi connectivity index (χ1v) is 8.84. The Morgan fingerprint density at radius 1 is 1.27 bits per heavy atom. The van der Waals surface area contributed by atoms with Crippen LogP contribution in [0.5, 0.6) is 5.75 Å². The van der Waals surface area contributed by atoms with Gasteiger partial charge in [0, 0.05) is 17.7 Å². The van der Waals surface area contributed by atoms with E-state index >= 15 is 0 Å². The van der Waals surface area contributed by atoms with Crippen molar-refractivity contribution >= 4 is 0 Å². The van der Waals surface area contributed by atoms with Crippen LogP contribution in [0.15, 0.2) is 15.3 Å². The topological polar surface area (TPSA) is 96.9 Å². The number of phenols is 1. The molecule has 0 spiro atoms. The molecular formula is C19H22N4O3. The van der Waals surface area contributed by atoms with Crippen LogP contribution >= 0.6 is 0 Å². The Kier molecular flexibility index (Phi) is 3.94. The lowest BCUT2D eigenvalue weighted by molar-refractivity contribution is 0.436. The van der Waals surface area contributed by atoms with Crippen LogP contribution in [0.25, 0.3) is 0 Å². The number of nitrogens with one attached hydrogen (secondary N) is 1. The number of aryl methyl sites for hydroxylation is 2. The van der Waals surface area contributed by atoms with E-state index in [1.807, 2.05) is 25.5 Å². The van der Waals surface area contributed by atoms with Crippen LogP contribution in [-0.2, 0) is 25.8 Å². The number of H-pyrrole nitrogens is 1. The SMILES string of the molecule is Cc1cc(Cc2c(C)nn(Cc3n[nH]c(=O)o3)c2C)c2c(c1O)CCC2. The van der Waals surface area contributed by atoms with E-state index in [1.165, 1.54) is 16.7 Å². The van der Waals surface area contributed by atoms with Gasteiger partial charge in [-0.15, -0.1) is 5.10 Å². The molecule has 1 aliphatic rings. The van der Waals surface area contributed by atoms with Gasteiger partial charge < -0.3 is 9.52 Å². The maximum atomic E-state index is 11.1. The van der Waals surface area contributed by atoms with E-state index in [9.17, 15) is 9.90 Å². The Morgan fingerprint density at radius 3 is 2.77 bits per heavy atom. The second-order valence-corrected chi connectivity index (χ2v) is 7.00. The van der Waals surface area contributed by atoms with Gasteiger partial charge in [0.1, 0.15) is 12.3 Å². The summed E-state index contributed by atoms with van der Waals surface area (Å²) in [7, 11) is 0. The summed E-state index contributed by atoms with van der Waals surface area (Å²) in [6.45, 7) is 6.29. The van der Waals surface area contributed by atoms with Gasteiger partial charge in [-0.3, -0.25) is 4.68 Å². The average molecular weight is 354 g/mol. The number of nitrogens with zero attached hydrogens (tertiary/aromatic N) is 3. The van der Waals surface area contributed by atoms with Crippen molar-refractivity contribution in [2.24, 2.45) is 0 Å². The zero-order valence-corrected chi connectivity index (χ0v) is 15.2. The summed E-state index contributed by atoms with van der Waals surface area (Å²) in [6.07, 6.45) is 3.84. The highest BCUT2D eigenvalue weighted by molar-refractivity contribution is 5.53. The summed E-state index contributed by atoms with van der Waals surface area (Å²) < 4.78 is 6.81. The van der Waals surface area contributed by atoms with Gasteiger partial charge in [-0.2, -0.15) is 5.10 Å². The first-order chi connectivity index (χ1) is 12.4. The second-order valence-electron chi connectivity index (χ2n) is 7.00. The van der Waals surface area contributed by atoms with E-state index in [0.717, 1.165) is 48.2 Å². The van der Waals surface area contributed by atoms with Crippen molar-refractivity contribution in [2.45, 2.75) is 53.0 Å². The average Bonchev–Trinajstić information content (AvgIpc) is 3.29. The highest BCUT2D eigenvalue weighted by Gasteiger charge is 2.22.